The fourth-order valence-electron chi connectivity index (χ4n) is 5.00. The summed E-state index contributed by atoms with van der Waals surface area (Å²) in [5, 5.41) is 0. The summed E-state index contributed by atoms with van der Waals surface area (Å²) in [6, 6.07) is 0.342. The fraction of sp³-hybridized carbons (Fsp3) is 1.00. The molecule has 0 radical (unpaired) electrons. The Hall–Kier alpha value is -0.120. The van der Waals surface area contributed by atoms with Crippen molar-refractivity contribution < 1.29 is 9.47 Å². The van der Waals surface area contributed by atoms with Crippen LogP contribution in [0, 0.1) is 16.7 Å². The van der Waals surface area contributed by atoms with Crippen LogP contribution in [0.25, 0.3) is 0 Å². The van der Waals surface area contributed by atoms with Crippen LogP contribution in [0.4, 0.5) is 0 Å². The van der Waals surface area contributed by atoms with Crippen LogP contribution in [0.15, 0.2) is 0 Å². The third-order valence-electron chi connectivity index (χ3n) is 6.25. The van der Waals surface area contributed by atoms with Crippen LogP contribution in [0.2, 0.25) is 0 Å². The zero-order chi connectivity index (χ0) is 13.0. The summed E-state index contributed by atoms with van der Waals surface area (Å²) in [5.41, 5.74) is 6.78. The molecular formula is C15H27NO2. The van der Waals surface area contributed by atoms with Gasteiger partial charge in [0.25, 0.3) is 0 Å². The Kier molecular flexibility index (Phi) is 2.82. The van der Waals surface area contributed by atoms with E-state index in [0.717, 1.165) is 26.1 Å². The van der Waals surface area contributed by atoms with Gasteiger partial charge in [-0.2, -0.15) is 0 Å². The number of hydrogen-bond acceptors (Lipinski definition) is 3. The van der Waals surface area contributed by atoms with Gasteiger partial charge in [0.05, 0.1) is 13.2 Å². The molecule has 2 N–H and O–H groups in total. The zero-order valence-electron chi connectivity index (χ0n) is 12.0. The van der Waals surface area contributed by atoms with Crippen molar-refractivity contribution in [3.05, 3.63) is 0 Å². The summed E-state index contributed by atoms with van der Waals surface area (Å²) in [7, 11) is 0. The first-order valence-electron chi connectivity index (χ1n) is 7.46. The van der Waals surface area contributed by atoms with E-state index in [4.69, 9.17) is 15.2 Å². The van der Waals surface area contributed by atoms with Crippen LogP contribution >= 0.6 is 0 Å². The minimum atomic E-state index is -0.339. The first-order valence-corrected chi connectivity index (χ1v) is 7.46. The van der Waals surface area contributed by atoms with Gasteiger partial charge in [0.1, 0.15) is 0 Å². The Morgan fingerprint density at radius 1 is 1.00 bits per heavy atom. The Morgan fingerprint density at radius 2 is 1.67 bits per heavy atom. The molecule has 2 saturated carbocycles. The highest BCUT2D eigenvalue weighted by atomic mass is 16.7. The number of rotatable bonds is 0. The lowest BCUT2D eigenvalue weighted by atomic mass is 9.48. The molecule has 1 unspecified atom stereocenters. The van der Waals surface area contributed by atoms with Crippen molar-refractivity contribution in [3.8, 4) is 0 Å². The molecule has 3 atom stereocenters. The van der Waals surface area contributed by atoms with Gasteiger partial charge in [0.2, 0.25) is 0 Å². The minimum Gasteiger partial charge on any atom is -0.347 e. The molecule has 1 spiro atoms. The average molecular weight is 253 g/mol. The smallest absolute Gasteiger partial charge is 0.173 e. The predicted molar refractivity (Wildman–Crippen MR) is 71.1 cm³/mol. The van der Waals surface area contributed by atoms with Crippen molar-refractivity contribution in [2.75, 3.05) is 13.2 Å². The second kappa shape index (κ2) is 3.94. The molecule has 3 rings (SSSR count). The van der Waals surface area contributed by atoms with Gasteiger partial charge in [0.15, 0.2) is 5.79 Å². The van der Waals surface area contributed by atoms with Crippen LogP contribution in [-0.2, 0) is 9.47 Å². The first kappa shape index (κ1) is 12.9. The van der Waals surface area contributed by atoms with Gasteiger partial charge in [0, 0.05) is 17.9 Å². The van der Waals surface area contributed by atoms with Crippen molar-refractivity contribution in [1.29, 1.82) is 0 Å². The fourth-order valence-corrected chi connectivity index (χ4v) is 5.00. The molecule has 1 saturated heterocycles. The summed E-state index contributed by atoms with van der Waals surface area (Å²) in [6.45, 7) is 8.56. The highest BCUT2D eigenvalue weighted by Crippen LogP contribution is 2.62. The predicted octanol–water partition coefficient (Wildman–Crippen LogP) is 2.68. The molecule has 1 heterocycles. The van der Waals surface area contributed by atoms with Crippen LogP contribution in [-0.4, -0.2) is 25.0 Å². The summed E-state index contributed by atoms with van der Waals surface area (Å²) < 4.78 is 12.1. The summed E-state index contributed by atoms with van der Waals surface area (Å²) in [6.07, 6.45) is 5.84. The van der Waals surface area contributed by atoms with Crippen LogP contribution in [0.5, 0.6) is 0 Å². The van der Waals surface area contributed by atoms with Gasteiger partial charge >= 0.3 is 0 Å². The van der Waals surface area contributed by atoms with Crippen LogP contribution in [0.1, 0.15) is 52.9 Å². The van der Waals surface area contributed by atoms with E-state index in [-0.39, 0.29) is 16.6 Å². The molecule has 3 nitrogen and oxygen atoms in total. The van der Waals surface area contributed by atoms with E-state index >= 15 is 0 Å². The van der Waals surface area contributed by atoms with Gasteiger partial charge in [-0.3, -0.25) is 0 Å². The average Bonchev–Trinajstić information content (AvgIpc) is 2.79. The van der Waals surface area contributed by atoms with E-state index in [1.807, 2.05) is 0 Å². The maximum atomic E-state index is 6.45. The molecule has 0 bridgehead atoms. The lowest BCUT2D eigenvalue weighted by molar-refractivity contribution is -0.289. The highest BCUT2D eigenvalue weighted by Gasteiger charge is 2.63. The largest absolute Gasteiger partial charge is 0.347 e. The third-order valence-corrected chi connectivity index (χ3v) is 6.25. The van der Waals surface area contributed by atoms with Crippen LogP contribution in [0.3, 0.4) is 0 Å². The number of hydrogen-bond donors (Lipinski definition) is 1. The molecule has 18 heavy (non-hydrogen) atoms. The first-order chi connectivity index (χ1) is 8.42. The quantitative estimate of drug-likeness (QED) is 0.722. The summed E-state index contributed by atoms with van der Waals surface area (Å²) in [4.78, 5) is 0. The van der Waals surface area contributed by atoms with E-state index in [0.29, 0.717) is 12.0 Å². The van der Waals surface area contributed by atoms with E-state index in [9.17, 15) is 0 Å². The lowest BCUT2D eigenvalue weighted by Gasteiger charge is -2.61. The lowest BCUT2D eigenvalue weighted by Crippen LogP contribution is -2.63. The van der Waals surface area contributed by atoms with E-state index in [1.54, 1.807) is 0 Å². The zero-order valence-corrected chi connectivity index (χ0v) is 12.0. The summed E-state index contributed by atoms with van der Waals surface area (Å²) in [5.74, 6) is 0.273. The van der Waals surface area contributed by atoms with Crippen molar-refractivity contribution in [1.82, 2.24) is 0 Å². The highest BCUT2D eigenvalue weighted by molar-refractivity contribution is 5.09. The third kappa shape index (κ3) is 1.47. The molecule has 0 aromatic rings. The van der Waals surface area contributed by atoms with Gasteiger partial charge in [-0.1, -0.05) is 27.2 Å². The van der Waals surface area contributed by atoms with Crippen molar-refractivity contribution in [3.63, 3.8) is 0 Å². The van der Waals surface area contributed by atoms with Crippen molar-refractivity contribution in [2.24, 2.45) is 22.5 Å². The van der Waals surface area contributed by atoms with Crippen LogP contribution < -0.4 is 5.73 Å². The van der Waals surface area contributed by atoms with Gasteiger partial charge in [-0.25, -0.2) is 0 Å². The Labute approximate surface area is 110 Å². The van der Waals surface area contributed by atoms with E-state index in [2.05, 4.69) is 20.8 Å². The standard InChI is InChI=1S/C15H27NO2/c1-13(2)11-5-4-6-12(16)14(11,3)7-8-15(13)17-9-10-18-15/h11-12H,4-10,16H2,1-3H3/t11-,12?,14-/m0/s1. The number of ether oxygens (including phenoxy) is 2. The minimum absolute atomic E-state index is 0.0640. The topological polar surface area (TPSA) is 44.5 Å². The van der Waals surface area contributed by atoms with E-state index < -0.39 is 0 Å². The maximum absolute atomic E-state index is 6.45. The Balaban J connectivity index is 1.97. The van der Waals surface area contributed by atoms with Crippen molar-refractivity contribution in [2.45, 2.75) is 64.7 Å². The van der Waals surface area contributed by atoms with E-state index in [1.165, 1.54) is 19.3 Å². The van der Waals surface area contributed by atoms with Gasteiger partial charge < -0.3 is 15.2 Å². The molecule has 1 aliphatic heterocycles. The molecule has 3 aliphatic rings. The monoisotopic (exact) mass is 253 g/mol. The molecule has 0 aromatic heterocycles. The second-order valence-electron chi connectivity index (χ2n) is 7.27. The second-order valence-corrected chi connectivity index (χ2v) is 7.27. The molecule has 0 aromatic carbocycles. The molecule has 3 heteroatoms. The Bertz CT molecular complexity index is 335. The normalized spacial score (nSPS) is 46.0. The van der Waals surface area contributed by atoms with Crippen molar-refractivity contribution >= 4 is 0 Å². The molecule has 3 fully saturated rings. The Morgan fingerprint density at radius 3 is 2.33 bits per heavy atom. The molecule has 0 amide bonds. The number of fused-ring (bicyclic) bond motifs is 1. The summed E-state index contributed by atoms with van der Waals surface area (Å²) >= 11 is 0. The van der Waals surface area contributed by atoms with Gasteiger partial charge in [-0.15, -0.1) is 0 Å². The number of nitrogens with two attached hydrogens (primary N) is 1. The molecular weight excluding hydrogens is 226 g/mol. The molecule has 104 valence electrons. The van der Waals surface area contributed by atoms with Gasteiger partial charge in [-0.05, 0) is 30.6 Å². The maximum Gasteiger partial charge on any atom is 0.173 e. The molecule has 2 aliphatic carbocycles. The SMILES string of the molecule is CC1(C)[C@@H]2CCCC(N)[C@@]2(C)CCC12OCCO2.